The van der Waals surface area contributed by atoms with Crippen molar-refractivity contribution < 1.29 is 19.8 Å². The van der Waals surface area contributed by atoms with E-state index in [9.17, 15) is 9.59 Å². The molecule has 0 aromatic heterocycles. The zero-order chi connectivity index (χ0) is 27.9. The van der Waals surface area contributed by atoms with Gasteiger partial charge in [-0.2, -0.15) is 0 Å². The molecule has 4 rings (SSSR count). The van der Waals surface area contributed by atoms with Gasteiger partial charge in [-0.15, -0.1) is 0 Å². The Morgan fingerprint density at radius 1 is 0.789 bits per heavy atom. The summed E-state index contributed by atoms with van der Waals surface area (Å²) in [5.41, 5.74) is 18.7. The fourth-order valence-corrected chi connectivity index (χ4v) is 4.35. The van der Waals surface area contributed by atoms with Crippen LogP contribution in [0, 0.1) is 11.8 Å². The monoisotopic (exact) mass is 520 g/mol. The van der Waals surface area contributed by atoms with Crippen LogP contribution in [0.25, 0.3) is 12.2 Å². The second-order valence-corrected chi connectivity index (χ2v) is 9.36. The highest BCUT2D eigenvalue weighted by molar-refractivity contribution is 5.89. The number of aliphatic carboxylic acids is 2. The lowest BCUT2D eigenvalue weighted by molar-refractivity contribution is -0.134. The Morgan fingerprint density at radius 3 is 1.53 bits per heavy atom. The van der Waals surface area contributed by atoms with Gasteiger partial charge in [0.2, 0.25) is 0 Å². The van der Waals surface area contributed by atoms with Crippen molar-refractivity contribution in [1.29, 1.82) is 0 Å². The molecule has 0 bridgehead atoms. The number of anilines is 2. The highest BCUT2D eigenvalue weighted by Gasteiger charge is 2.11. The summed E-state index contributed by atoms with van der Waals surface area (Å²) in [6.07, 6.45) is 14.8. The molecule has 0 heterocycles. The SMILES string of the molecule is CNCC1C=Cc2cc(N)ccc2CC1.CNCC1C=Cc2cc(N)ccc2CC1.O=C(O)/C=C/C(=O)O. The van der Waals surface area contributed by atoms with E-state index in [-0.39, 0.29) is 0 Å². The third-order valence-corrected chi connectivity index (χ3v) is 6.31. The number of fused-ring (bicyclic) bond motifs is 2. The Hall–Kier alpha value is -3.88. The number of carbonyl (C=O) groups is 2. The van der Waals surface area contributed by atoms with Gasteiger partial charge in [0.25, 0.3) is 0 Å². The highest BCUT2D eigenvalue weighted by atomic mass is 16.4. The van der Waals surface area contributed by atoms with Crippen molar-refractivity contribution in [2.24, 2.45) is 11.8 Å². The summed E-state index contributed by atoms with van der Waals surface area (Å²) in [5.74, 6) is -1.23. The minimum absolute atomic E-state index is 0.558. The second-order valence-electron chi connectivity index (χ2n) is 9.36. The van der Waals surface area contributed by atoms with E-state index < -0.39 is 11.9 Å². The molecule has 8 heteroatoms. The largest absolute Gasteiger partial charge is 0.478 e. The minimum atomic E-state index is -1.26. The Bertz CT molecular complexity index is 1070. The molecule has 2 aliphatic rings. The lowest BCUT2D eigenvalue weighted by Crippen LogP contribution is -2.17. The van der Waals surface area contributed by atoms with E-state index in [2.05, 4.69) is 59.2 Å². The molecule has 2 aromatic rings. The van der Waals surface area contributed by atoms with Crippen LogP contribution in [0.15, 0.2) is 60.7 Å². The topological polar surface area (TPSA) is 151 Å². The van der Waals surface area contributed by atoms with Gasteiger partial charge in [-0.25, -0.2) is 9.59 Å². The van der Waals surface area contributed by atoms with Crippen LogP contribution in [0.1, 0.15) is 35.1 Å². The number of nitrogens with one attached hydrogen (secondary N) is 2. The number of carboxylic acids is 2. The normalized spacial score (nSPS) is 17.5. The van der Waals surface area contributed by atoms with Gasteiger partial charge in [-0.05, 0) is 98.1 Å². The Labute approximate surface area is 225 Å². The maximum absolute atomic E-state index is 9.55. The van der Waals surface area contributed by atoms with Crippen molar-refractivity contribution in [2.75, 3.05) is 38.7 Å². The van der Waals surface area contributed by atoms with E-state index in [1.54, 1.807) is 0 Å². The van der Waals surface area contributed by atoms with Gasteiger partial charge in [0.05, 0.1) is 0 Å². The lowest BCUT2D eigenvalue weighted by Gasteiger charge is -2.09. The summed E-state index contributed by atoms with van der Waals surface area (Å²) in [5, 5.41) is 22.1. The average Bonchev–Trinajstić information content (AvgIpc) is 3.20. The summed E-state index contributed by atoms with van der Waals surface area (Å²) in [7, 11) is 4.01. The Morgan fingerprint density at radius 2 is 1.18 bits per heavy atom. The van der Waals surface area contributed by atoms with E-state index in [0.29, 0.717) is 24.0 Å². The standard InChI is InChI=1S/2C13H18N2.C4H4O4/c2*1-15-9-10-2-4-11-6-7-13(14)8-12(11)5-3-10;5-3(6)1-2-4(7)8/h2*3,5-8,10,15H,2,4,9,14H2,1H3;1-2H,(H,5,6)(H,7,8)/b;;2-1+. The van der Waals surface area contributed by atoms with Gasteiger partial charge in [0.1, 0.15) is 0 Å². The smallest absolute Gasteiger partial charge is 0.328 e. The molecule has 0 fully saturated rings. The van der Waals surface area contributed by atoms with E-state index in [4.69, 9.17) is 21.7 Å². The van der Waals surface area contributed by atoms with Crippen molar-refractivity contribution in [1.82, 2.24) is 10.6 Å². The maximum atomic E-state index is 9.55. The van der Waals surface area contributed by atoms with E-state index in [1.165, 1.54) is 35.1 Å². The molecule has 0 saturated carbocycles. The molecule has 2 unspecified atom stereocenters. The minimum Gasteiger partial charge on any atom is -0.478 e. The molecule has 8 nitrogen and oxygen atoms in total. The summed E-state index contributed by atoms with van der Waals surface area (Å²) in [6, 6.07) is 12.4. The van der Waals surface area contributed by atoms with Crippen LogP contribution < -0.4 is 22.1 Å². The van der Waals surface area contributed by atoms with E-state index in [1.807, 2.05) is 26.2 Å². The Kier molecular flexibility index (Phi) is 12.8. The second kappa shape index (κ2) is 16.1. The summed E-state index contributed by atoms with van der Waals surface area (Å²) in [6.45, 7) is 2.11. The zero-order valence-corrected chi connectivity index (χ0v) is 22.2. The van der Waals surface area contributed by atoms with Gasteiger partial charge >= 0.3 is 11.9 Å². The molecule has 2 atom stereocenters. The molecule has 0 spiro atoms. The molecule has 2 aromatic carbocycles. The third-order valence-electron chi connectivity index (χ3n) is 6.31. The van der Waals surface area contributed by atoms with Crippen molar-refractivity contribution in [3.63, 3.8) is 0 Å². The van der Waals surface area contributed by atoms with Gasteiger partial charge in [0, 0.05) is 36.6 Å². The summed E-state index contributed by atoms with van der Waals surface area (Å²) in [4.78, 5) is 19.1. The lowest BCUT2D eigenvalue weighted by atomic mass is 10.0. The van der Waals surface area contributed by atoms with Crippen LogP contribution in [-0.4, -0.2) is 49.3 Å². The number of hydrogen-bond donors (Lipinski definition) is 6. The van der Waals surface area contributed by atoms with Crippen molar-refractivity contribution >= 4 is 35.5 Å². The number of nitrogens with two attached hydrogens (primary N) is 2. The molecule has 0 amide bonds. The predicted octanol–water partition coefficient (Wildman–Crippen LogP) is 3.84. The first-order valence-corrected chi connectivity index (χ1v) is 12.8. The fraction of sp³-hybridized carbons (Fsp3) is 0.333. The molecule has 0 radical (unpaired) electrons. The first kappa shape index (κ1) is 30.3. The number of rotatable bonds is 6. The van der Waals surface area contributed by atoms with Crippen LogP contribution >= 0.6 is 0 Å². The number of carboxylic acid groups (broad SMARTS) is 2. The third kappa shape index (κ3) is 11.0. The predicted molar refractivity (Wildman–Crippen MR) is 156 cm³/mol. The van der Waals surface area contributed by atoms with Crippen molar-refractivity contribution in [3.8, 4) is 0 Å². The van der Waals surface area contributed by atoms with Gasteiger partial charge in [-0.3, -0.25) is 0 Å². The molecule has 0 saturated heterocycles. The van der Waals surface area contributed by atoms with Gasteiger partial charge in [-0.1, -0.05) is 36.4 Å². The number of hydrogen-bond acceptors (Lipinski definition) is 6. The molecule has 2 aliphatic carbocycles. The molecule has 204 valence electrons. The summed E-state index contributed by atoms with van der Waals surface area (Å²) >= 11 is 0. The quantitative estimate of drug-likeness (QED) is 0.248. The van der Waals surface area contributed by atoms with Gasteiger partial charge in [0.15, 0.2) is 0 Å². The van der Waals surface area contributed by atoms with Crippen LogP contribution in [0.5, 0.6) is 0 Å². The van der Waals surface area contributed by atoms with E-state index in [0.717, 1.165) is 37.3 Å². The summed E-state index contributed by atoms with van der Waals surface area (Å²) < 4.78 is 0. The molecule has 38 heavy (non-hydrogen) atoms. The number of benzene rings is 2. The number of nitrogen functional groups attached to an aromatic ring is 2. The first-order chi connectivity index (χ1) is 18.2. The van der Waals surface area contributed by atoms with Crippen LogP contribution in [0.4, 0.5) is 11.4 Å². The van der Waals surface area contributed by atoms with Crippen LogP contribution in [-0.2, 0) is 22.4 Å². The number of aryl methyl sites for hydroxylation is 2. The first-order valence-electron chi connectivity index (χ1n) is 12.8. The van der Waals surface area contributed by atoms with Gasteiger partial charge < -0.3 is 32.3 Å². The zero-order valence-electron chi connectivity index (χ0n) is 22.2. The maximum Gasteiger partial charge on any atom is 0.328 e. The molecule has 8 N–H and O–H groups in total. The fourth-order valence-electron chi connectivity index (χ4n) is 4.35. The van der Waals surface area contributed by atoms with Crippen molar-refractivity contribution in [3.05, 3.63) is 83.0 Å². The molecular weight excluding hydrogens is 480 g/mol. The molecule has 0 aliphatic heterocycles. The van der Waals surface area contributed by atoms with Crippen molar-refractivity contribution in [2.45, 2.75) is 25.7 Å². The highest BCUT2D eigenvalue weighted by Crippen LogP contribution is 2.24. The Balaban J connectivity index is 0.000000211. The van der Waals surface area contributed by atoms with Crippen LogP contribution in [0.2, 0.25) is 0 Å². The average molecular weight is 521 g/mol. The molecular formula is C30H40N4O4. The van der Waals surface area contributed by atoms with Crippen LogP contribution in [0.3, 0.4) is 0 Å². The van der Waals surface area contributed by atoms with E-state index >= 15 is 0 Å².